The van der Waals surface area contributed by atoms with Gasteiger partial charge in [-0.3, -0.25) is 4.79 Å². The van der Waals surface area contributed by atoms with Crippen LogP contribution < -0.4 is 0 Å². The molecule has 0 saturated heterocycles. The van der Waals surface area contributed by atoms with Crippen molar-refractivity contribution in [2.75, 3.05) is 6.61 Å². The zero-order chi connectivity index (χ0) is 12.0. The van der Waals surface area contributed by atoms with E-state index >= 15 is 0 Å². The van der Waals surface area contributed by atoms with Gasteiger partial charge in [-0.05, 0) is 32.8 Å². The Bertz CT molecular complexity index is 286. The zero-order valence-electron chi connectivity index (χ0n) is 10.1. The SMILES string of the molecule is CCOC(=O)/C(C)=C/C(=O)C1CCCCC1. The first-order valence-electron chi connectivity index (χ1n) is 6.04. The molecule has 0 radical (unpaired) electrons. The molecule has 0 unspecified atom stereocenters. The van der Waals surface area contributed by atoms with Crippen molar-refractivity contribution in [2.24, 2.45) is 5.92 Å². The largest absolute Gasteiger partial charge is 0.463 e. The standard InChI is InChI=1S/C13H20O3/c1-3-16-13(15)10(2)9-12(14)11-7-5-4-6-8-11/h9,11H,3-8H2,1-2H3/b10-9+. The molecule has 0 N–H and O–H groups in total. The first-order chi connectivity index (χ1) is 7.65. The van der Waals surface area contributed by atoms with Crippen molar-refractivity contribution in [2.45, 2.75) is 46.0 Å². The van der Waals surface area contributed by atoms with E-state index in [1.165, 1.54) is 12.5 Å². The number of ether oxygens (including phenoxy) is 1. The van der Waals surface area contributed by atoms with Crippen molar-refractivity contribution in [3.05, 3.63) is 11.6 Å². The molecule has 1 aliphatic carbocycles. The van der Waals surface area contributed by atoms with E-state index in [9.17, 15) is 9.59 Å². The van der Waals surface area contributed by atoms with E-state index < -0.39 is 0 Å². The second-order valence-electron chi connectivity index (χ2n) is 4.29. The molecule has 3 nitrogen and oxygen atoms in total. The summed E-state index contributed by atoms with van der Waals surface area (Å²) in [6.45, 7) is 3.74. The third kappa shape index (κ3) is 3.80. The van der Waals surface area contributed by atoms with E-state index in [2.05, 4.69) is 0 Å². The van der Waals surface area contributed by atoms with Gasteiger partial charge in [0.05, 0.1) is 6.61 Å². The van der Waals surface area contributed by atoms with Crippen LogP contribution in [-0.4, -0.2) is 18.4 Å². The Morgan fingerprint density at radius 3 is 2.44 bits per heavy atom. The minimum atomic E-state index is -0.383. The maximum Gasteiger partial charge on any atom is 0.333 e. The van der Waals surface area contributed by atoms with Gasteiger partial charge >= 0.3 is 5.97 Å². The molecule has 1 fully saturated rings. The smallest absolute Gasteiger partial charge is 0.333 e. The minimum Gasteiger partial charge on any atom is -0.463 e. The first kappa shape index (κ1) is 12.9. The second-order valence-corrected chi connectivity index (χ2v) is 4.29. The molecule has 0 atom stereocenters. The van der Waals surface area contributed by atoms with E-state index in [4.69, 9.17) is 4.74 Å². The Labute approximate surface area is 96.9 Å². The summed E-state index contributed by atoms with van der Waals surface area (Å²) in [4.78, 5) is 23.2. The second kappa shape index (κ2) is 6.46. The van der Waals surface area contributed by atoms with Crippen molar-refractivity contribution in [3.63, 3.8) is 0 Å². The Kier molecular flexibility index (Phi) is 5.23. The Morgan fingerprint density at radius 2 is 1.88 bits per heavy atom. The summed E-state index contributed by atoms with van der Waals surface area (Å²) in [5.41, 5.74) is 0.414. The molecule has 3 heteroatoms. The summed E-state index contributed by atoms with van der Waals surface area (Å²) < 4.78 is 4.83. The van der Waals surface area contributed by atoms with Gasteiger partial charge in [0.15, 0.2) is 5.78 Å². The van der Waals surface area contributed by atoms with Crippen LogP contribution in [0.1, 0.15) is 46.0 Å². The Balaban J connectivity index is 2.53. The van der Waals surface area contributed by atoms with Crippen LogP contribution in [0.2, 0.25) is 0 Å². The minimum absolute atomic E-state index is 0.0882. The van der Waals surface area contributed by atoms with Crippen LogP contribution in [0.3, 0.4) is 0 Å². The zero-order valence-corrected chi connectivity index (χ0v) is 10.1. The number of rotatable bonds is 4. The van der Waals surface area contributed by atoms with Gasteiger partial charge in [0.2, 0.25) is 0 Å². The number of hydrogen-bond donors (Lipinski definition) is 0. The topological polar surface area (TPSA) is 43.4 Å². The molecule has 0 aromatic heterocycles. The van der Waals surface area contributed by atoms with E-state index in [1.807, 2.05) is 0 Å². The molecule has 0 amide bonds. The van der Waals surface area contributed by atoms with Gasteiger partial charge in [0, 0.05) is 11.5 Å². The third-order valence-electron chi connectivity index (χ3n) is 2.96. The monoisotopic (exact) mass is 224 g/mol. The number of ketones is 1. The van der Waals surface area contributed by atoms with Gasteiger partial charge in [-0.1, -0.05) is 19.3 Å². The van der Waals surface area contributed by atoms with Crippen LogP contribution in [0.4, 0.5) is 0 Å². The molecule has 1 rings (SSSR count). The third-order valence-corrected chi connectivity index (χ3v) is 2.96. The maximum atomic E-state index is 11.8. The van der Waals surface area contributed by atoms with E-state index in [-0.39, 0.29) is 17.7 Å². The lowest BCUT2D eigenvalue weighted by Gasteiger charge is -2.18. The van der Waals surface area contributed by atoms with Crippen LogP contribution in [0, 0.1) is 5.92 Å². The normalized spacial score (nSPS) is 18.2. The predicted molar refractivity (Wildman–Crippen MR) is 62.0 cm³/mol. The van der Waals surface area contributed by atoms with Gasteiger partial charge in [0.25, 0.3) is 0 Å². The van der Waals surface area contributed by atoms with Crippen LogP contribution in [0.15, 0.2) is 11.6 Å². The van der Waals surface area contributed by atoms with E-state index in [1.54, 1.807) is 13.8 Å². The molecular formula is C13H20O3. The number of carbonyl (C=O) groups is 2. The van der Waals surface area contributed by atoms with Gasteiger partial charge in [0.1, 0.15) is 0 Å². The molecule has 0 spiro atoms. The predicted octanol–water partition coefficient (Wildman–Crippen LogP) is 2.65. The highest BCUT2D eigenvalue weighted by atomic mass is 16.5. The summed E-state index contributed by atoms with van der Waals surface area (Å²) in [6.07, 6.45) is 6.86. The highest BCUT2D eigenvalue weighted by molar-refractivity contribution is 6.00. The van der Waals surface area contributed by atoms with Crippen molar-refractivity contribution in [1.82, 2.24) is 0 Å². The number of hydrogen-bond acceptors (Lipinski definition) is 3. The fourth-order valence-corrected chi connectivity index (χ4v) is 2.02. The van der Waals surface area contributed by atoms with Crippen LogP contribution in [-0.2, 0) is 14.3 Å². The molecule has 90 valence electrons. The quantitative estimate of drug-likeness (QED) is 0.544. The Hall–Kier alpha value is -1.12. The van der Waals surface area contributed by atoms with Gasteiger partial charge in [-0.15, -0.1) is 0 Å². The number of carbonyl (C=O) groups excluding carboxylic acids is 2. The molecule has 0 aromatic carbocycles. The van der Waals surface area contributed by atoms with Gasteiger partial charge < -0.3 is 4.74 Å². The molecule has 0 aromatic rings. The summed E-state index contributed by atoms with van der Waals surface area (Å²) in [7, 11) is 0. The van der Waals surface area contributed by atoms with Gasteiger partial charge in [-0.2, -0.15) is 0 Å². The molecule has 16 heavy (non-hydrogen) atoms. The molecule has 0 heterocycles. The number of allylic oxidation sites excluding steroid dienone is 1. The summed E-state index contributed by atoms with van der Waals surface area (Å²) in [5, 5.41) is 0. The molecule has 0 bridgehead atoms. The van der Waals surface area contributed by atoms with Crippen LogP contribution >= 0.6 is 0 Å². The molecule has 1 saturated carbocycles. The lowest BCUT2D eigenvalue weighted by atomic mass is 9.86. The fourth-order valence-electron chi connectivity index (χ4n) is 2.02. The molecule has 0 aliphatic heterocycles. The average Bonchev–Trinajstić information content (AvgIpc) is 2.30. The van der Waals surface area contributed by atoms with E-state index in [0.717, 1.165) is 25.7 Å². The summed E-state index contributed by atoms with van der Waals surface area (Å²) >= 11 is 0. The van der Waals surface area contributed by atoms with Crippen molar-refractivity contribution < 1.29 is 14.3 Å². The average molecular weight is 224 g/mol. The molecular weight excluding hydrogens is 204 g/mol. The summed E-state index contributed by atoms with van der Waals surface area (Å²) in [6, 6.07) is 0. The van der Waals surface area contributed by atoms with Crippen LogP contribution in [0.25, 0.3) is 0 Å². The highest BCUT2D eigenvalue weighted by Crippen LogP contribution is 2.25. The highest BCUT2D eigenvalue weighted by Gasteiger charge is 2.20. The lowest BCUT2D eigenvalue weighted by Crippen LogP contribution is -2.17. The maximum absolute atomic E-state index is 11.8. The summed E-state index contributed by atoms with van der Waals surface area (Å²) in [5.74, 6) is -0.171. The molecule has 1 aliphatic rings. The Morgan fingerprint density at radius 1 is 1.25 bits per heavy atom. The lowest BCUT2D eigenvalue weighted by molar-refractivity contribution is -0.138. The van der Waals surface area contributed by atoms with Gasteiger partial charge in [-0.25, -0.2) is 4.79 Å². The van der Waals surface area contributed by atoms with Crippen LogP contribution in [0.5, 0.6) is 0 Å². The van der Waals surface area contributed by atoms with Crippen molar-refractivity contribution in [1.29, 1.82) is 0 Å². The first-order valence-corrected chi connectivity index (χ1v) is 6.04. The fraction of sp³-hybridized carbons (Fsp3) is 0.692. The van der Waals surface area contributed by atoms with E-state index in [0.29, 0.717) is 12.2 Å². The number of esters is 1. The van der Waals surface area contributed by atoms with Crippen molar-refractivity contribution in [3.8, 4) is 0 Å². The van der Waals surface area contributed by atoms with Crippen molar-refractivity contribution >= 4 is 11.8 Å².